The standard InChI is InChI=1S/C12H12ClN5/c1-14-6-8-7-15-17-10(8)11-12(13)16-9-4-2-3-5-18(9)11/h2-5,7,14H,6H2,1H3,(H,15,17). The minimum absolute atomic E-state index is 0.475. The van der Waals surface area contributed by atoms with Gasteiger partial charge in [-0.2, -0.15) is 5.10 Å². The predicted molar refractivity (Wildman–Crippen MR) is 70.5 cm³/mol. The van der Waals surface area contributed by atoms with E-state index in [1.54, 1.807) is 6.20 Å². The van der Waals surface area contributed by atoms with Crippen molar-refractivity contribution in [2.24, 2.45) is 0 Å². The summed E-state index contributed by atoms with van der Waals surface area (Å²) in [6.45, 7) is 0.724. The lowest BCUT2D eigenvalue weighted by Crippen LogP contribution is -2.05. The number of hydrogen-bond acceptors (Lipinski definition) is 3. The summed E-state index contributed by atoms with van der Waals surface area (Å²) in [4.78, 5) is 4.33. The van der Waals surface area contributed by atoms with Gasteiger partial charge in [0.15, 0.2) is 5.15 Å². The zero-order valence-electron chi connectivity index (χ0n) is 9.81. The average molecular weight is 262 g/mol. The summed E-state index contributed by atoms with van der Waals surface area (Å²) in [6, 6.07) is 5.80. The number of fused-ring (bicyclic) bond motifs is 1. The van der Waals surface area contributed by atoms with Gasteiger partial charge in [0.1, 0.15) is 11.3 Å². The Kier molecular flexibility index (Phi) is 2.77. The summed E-state index contributed by atoms with van der Waals surface area (Å²) in [5.74, 6) is 0. The number of pyridine rings is 1. The van der Waals surface area contributed by atoms with E-state index in [9.17, 15) is 0 Å². The minimum Gasteiger partial charge on any atom is -0.316 e. The van der Waals surface area contributed by atoms with Crippen LogP contribution in [0.4, 0.5) is 0 Å². The number of nitrogens with one attached hydrogen (secondary N) is 2. The Labute approximate surface area is 109 Å². The minimum atomic E-state index is 0.475. The Balaban J connectivity index is 2.24. The predicted octanol–water partition coefficient (Wildman–Crippen LogP) is 2.10. The molecule has 3 rings (SSSR count). The first-order valence-electron chi connectivity index (χ1n) is 5.61. The average Bonchev–Trinajstić information content (AvgIpc) is 2.92. The lowest BCUT2D eigenvalue weighted by molar-refractivity contribution is 0.819. The molecule has 92 valence electrons. The number of halogens is 1. The van der Waals surface area contributed by atoms with Crippen molar-refractivity contribution in [3.8, 4) is 11.4 Å². The fourth-order valence-electron chi connectivity index (χ4n) is 2.03. The quantitative estimate of drug-likeness (QED) is 0.759. The van der Waals surface area contributed by atoms with Gasteiger partial charge in [-0.3, -0.25) is 9.50 Å². The smallest absolute Gasteiger partial charge is 0.157 e. The van der Waals surface area contributed by atoms with Crippen LogP contribution in [0.5, 0.6) is 0 Å². The van der Waals surface area contributed by atoms with Crippen molar-refractivity contribution in [3.05, 3.63) is 41.3 Å². The first-order chi connectivity index (χ1) is 8.81. The summed E-state index contributed by atoms with van der Waals surface area (Å²) in [7, 11) is 1.90. The van der Waals surface area contributed by atoms with E-state index in [4.69, 9.17) is 11.6 Å². The Morgan fingerprint density at radius 3 is 3.17 bits per heavy atom. The summed E-state index contributed by atoms with van der Waals surface area (Å²) in [5, 5.41) is 10.7. The van der Waals surface area contributed by atoms with Crippen molar-refractivity contribution in [2.45, 2.75) is 6.54 Å². The van der Waals surface area contributed by atoms with E-state index in [0.29, 0.717) is 5.15 Å². The zero-order valence-corrected chi connectivity index (χ0v) is 10.6. The van der Waals surface area contributed by atoms with E-state index < -0.39 is 0 Å². The molecule has 0 saturated heterocycles. The molecule has 0 spiro atoms. The fourth-order valence-corrected chi connectivity index (χ4v) is 2.30. The van der Waals surface area contributed by atoms with Crippen molar-refractivity contribution < 1.29 is 0 Å². The van der Waals surface area contributed by atoms with Crippen LogP contribution in [0, 0.1) is 0 Å². The Hall–Kier alpha value is -1.85. The highest BCUT2D eigenvalue weighted by Crippen LogP contribution is 2.29. The highest BCUT2D eigenvalue weighted by molar-refractivity contribution is 6.32. The second-order valence-electron chi connectivity index (χ2n) is 3.98. The maximum atomic E-state index is 6.23. The lowest BCUT2D eigenvalue weighted by atomic mass is 10.2. The molecule has 5 nitrogen and oxygen atoms in total. The highest BCUT2D eigenvalue weighted by Gasteiger charge is 2.16. The van der Waals surface area contributed by atoms with Crippen LogP contribution in [0.3, 0.4) is 0 Å². The third kappa shape index (κ3) is 1.68. The molecule has 2 N–H and O–H groups in total. The molecule has 0 atom stereocenters. The second-order valence-corrected chi connectivity index (χ2v) is 4.34. The topological polar surface area (TPSA) is 58.0 Å². The molecule has 3 heterocycles. The van der Waals surface area contributed by atoms with Crippen LogP contribution in [-0.4, -0.2) is 26.6 Å². The first-order valence-corrected chi connectivity index (χ1v) is 5.99. The van der Waals surface area contributed by atoms with Crippen LogP contribution in [0.15, 0.2) is 30.6 Å². The van der Waals surface area contributed by atoms with Crippen LogP contribution >= 0.6 is 11.6 Å². The monoisotopic (exact) mass is 261 g/mol. The molecule has 0 unspecified atom stereocenters. The van der Waals surface area contributed by atoms with Gasteiger partial charge in [0.05, 0.1) is 11.9 Å². The summed E-state index contributed by atoms with van der Waals surface area (Å²) >= 11 is 6.23. The van der Waals surface area contributed by atoms with Gasteiger partial charge in [0, 0.05) is 18.3 Å². The molecule has 0 aliphatic carbocycles. The molecule has 0 aliphatic rings. The van der Waals surface area contributed by atoms with E-state index in [1.165, 1.54) is 0 Å². The van der Waals surface area contributed by atoms with Gasteiger partial charge in [-0.15, -0.1) is 0 Å². The van der Waals surface area contributed by atoms with E-state index >= 15 is 0 Å². The Bertz CT molecular complexity index is 685. The zero-order chi connectivity index (χ0) is 12.5. The third-order valence-electron chi connectivity index (χ3n) is 2.81. The first kappa shape index (κ1) is 11.3. The molecule has 0 aliphatic heterocycles. The van der Waals surface area contributed by atoms with Gasteiger partial charge in [-0.05, 0) is 19.2 Å². The van der Waals surface area contributed by atoms with Gasteiger partial charge in [-0.1, -0.05) is 17.7 Å². The van der Waals surface area contributed by atoms with Crippen molar-refractivity contribution >= 4 is 17.2 Å². The van der Waals surface area contributed by atoms with Crippen LogP contribution < -0.4 is 5.32 Å². The van der Waals surface area contributed by atoms with Gasteiger partial charge < -0.3 is 5.32 Å². The molecule has 0 saturated carbocycles. The molecule has 0 radical (unpaired) electrons. The molecule has 0 fully saturated rings. The molecule has 18 heavy (non-hydrogen) atoms. The Morgan fingerprint density at radius 1 is 1.44 bits per heavy atom. The number of nitrogens with zero attached hydrogens (tertiary/aromatic N) is 3. The van der Waals surface area contributed by atoms with Crippen LogP contribution in [0.25, 0.3) is 17.0 Å². The van der Waals surface area contributed by atoms with Crippen LogP contribution in [0.2, 0.25) is 5.15 Å². The summed E-state index contributed by atoms with van der Waals surface area (Å²) in [6.07, 6.45) is 3.73. The molecule has 3 aromatic heterocycles. The van der Waals surface area contributed by atoms with Gasteiger partial charge >= 0.3 is 0 Å². The summed E-state index contributed by atoms with van der Waals surface area (Å²) in [5.41, 5.74) is 3.62. The second kappa shape index (κ2) is 4.44. The summed E-state index contributed by atoms with van der Waals surface area (Å²) < 4.78 is 1.95. The van der Waals surface area contributed by atoms with Gasteiger partial charge in [-0.25, -0.2) is 4.98 Å². The van der Waals surface area contributed by atoms with Crippen LogP contribution in [-0.2, 0) is 6.54 Å². The molecule has 6 heteroatoms. The van der Waals surface area contributed by atoms with Gasteiger partial charge in [0.2, 0.25) is 0 Å². The molecule has 0 bridgehead atoms. The third-order valence-corrected chi connectivity index (χ3v) is 3.07. The maximum Gasteiger partial charge on any atom is 0.157 e. The lowest BCUT2D eigenvalue weighted by Gasteiger charge is -2.03. The molecule has 0 amide bonds. The van der Waals surface area contributed by atoms with Crippen molar-refractivity contribution in [1.29, 1.82) is 0 Å². The molecule has 3 aromatic rings. The van der Waals surface area contributed by atoms with Crippen LogP contribution in [0.1, 0.15) is 5.56 Å². The number of hydrogen-bond donors (Lipinski definition) is 2. The van der Waals surface area contributed by atoms with E-state index in [2.05, 4.69) is 20.5 Å². The van der Waals surface area contributed by atoms with E-state index in [0.717, 1.165) is 29.1 Å². The maximum absolute atomic E-state index is 6.23. The Morgan fingerprint density at radius 2 is 2.33 bits per heavy atom. The van der Waals surface area contributed by atoms with Crippen molar-refractivity contribution in [2.75, 3.05) is 7.05 Å². The number of H-pyrrole nitrogens is 1. The van der Waals surface area contributed by atoms with Crippen molar-refractivity contribution in [1.82, 2.24) is 24.9 Å². The molecule has 0 aromatic carbocycles. The number of aromatic amines is 1. The number of imidazole rings is 1. The highest BCUT2D eigenvalue weighted by atomic mass is 35.5. The van der Waals surface area contributed by atoms with E-state index in [1.807, 2.05) is 35.8 Å². The number of rotatable bonds is 3. The van der Waals surface area contributed by atoms with E-state index in [-0.39, 0.29) is 0 Å². The SMILES string of the molecule is CNCc1cn[nH]c1-c1c(Cl)nc2ccccn12. The fraction of sp³-hybridized carbons (Fsp3) is 0.167. The normalized spacial score (nSPS) is 11.2. The molecular weight excluding hydrogens is 250 g/mol. The molecular formula is C12H12ClN5. The number of aromatic nitrogens is 4. The van der Waals surface area contributed by atoms with Gasteiger partial charge in [0.25, 0.3) is 0 Å². The van der Waals surface area contributed by atoms with Crippen molar-refractivity contribution in [3.63, 3.8) is 0 Å². The largest absolute Gasteiger partial charge is 0.316 e.